The number of hydrogen-bond donors (Lipinski definition) is 2. The molecule has 2 N–H and O–H groups in total. The van der Waals surface area contributed by atoms with Crippen molar-refractivity contribution in [2.45, 2.75) is 6.92 Å². The summed E-state index contributed by atoms with van der Waals surface area (Å²) < 4.78 is 0. The van der Waals surface area contributed by atoms with E-state index in [-0.39, 0.29) is 18.3 Å². The van der Waals surface area contributed by atoms with Crippen LogP contribution < -0.4 is 0 Å². The number of aromatic hydroxyl groups is 1. The van der Waals surface area contributed by atoms with Crippen LogP contribution in [0.4, 0.5) is 0 Å². The fourth-order valence-electron chi connectivity index (χ4n) is 1.31. The number of carbonyl (C=O) groups excluding carboxylic acids is 1. The molecule has 0 heterocycles. The van der Waals surface area contributed by atoms with Crippen molar-refractivity contribution in [3.05, 3.63) is 29.8 Å². The molecule has 0 atom stereocenters. The third-order valence-corrected chi connectivity index (χ3v) is 2.15. The number of amides is 1. The quantitative estimate of drug-likeness (QED) is 0.772. The van der Waals surface area contributed by atoms with Crippen molar-refractivity contribution in [1.29, 1.82) is 0 Å². The highest BCUT2D eigenvalue weighted by molar-refractivity contribution is 5.94. The first kappa shape index (κ1) is 11.5. The molecule has 15 heavy (non-hydrogen) atoms. The molecule has 0 saturated heterocycles. The molecule has 0 bridgehead atoms. The smallest absolute Gasteiger partial charge is 0.253 e. The van der Waals surface area contributed by atoms with Gasteiger partial charge in [-0.05, 0) is 31.2 Å². The Kier molecular flexibility index (Phi) is 4.12. The molecule has 0 aromatic heterocycles. The Bertz CT molecular complexity index is 321. The van der Waals surface area contributed by atoms with Crippen molar-refractivity contribution in [1.82, 2.24) is 4.90 Å². The molecule has 4 heteroatoms. The topological polar surface area (TPSA) is 60.8 Å². The van der Waals surface area contributed by atoms with E-state index in [1.807, 2.05) is 6.92 Å². The normalized spacial score (nSPS) is 10.0. The second kappa shape index (κ2) is 5.36. The number of nitrogens with zero attached hydrogens (tertiary/aromatic N) is 1. The summed E-state index contributed by atoms with van der Waals surface area (Å²) in [6, 6.07) is 6.08. The number of phenols is 1. The molecule has 1 amide bonds. The van der Waals surface area contributed by atoms with Crippen LogP contribution in [0.15, 0.2) is 24.3 Å². The number of phenolic OH excluding ortho intramolecular Hbond substituents is 1. The van der Waals surface area contributed by atoms with Gasteiger partial charge in [-0.15, -0.1) is 0 Å². The van der Waals surface area contributed by atoms with Gasteiger partial charge in [0, 0.05) is 18.7 Å². The Hall–Kier alpha value is -1.55. The summed E-state index contributed by atoms with van der Waals surface area (Å²) in [5, 5.41) is 17.8. The summed E-state index contributed by atoms with van der Waals surface area (Å²) in [6.45, 7) is 2.70. The predicted molar refractivity (Wildman–Crippen MR) is 56.8 cm³/mol. The molecule has 0 fully saturated rings. The second-order valence-electron chi connectivity index (χ2n) is 3.16. The van der Waals surface area contributed by atoms with Gasteiger partial charge in [-0.25, -0.2) is 0 Å². The highest BCUT2D eigenvalue weighted by Gasteiger charge is 2.12. The second-order valence-corrected chi connectivity index (χ2v) is 3.16. The Morgan fingerprint density at radius 3 is 2.40 bits per heavy atom. The Morgan fingerprint density at radius 2 is 1.93 bits per heavy atom. The first-order valence-electron chi connectivity index (χ1n) is 4.88. The minimum atomic E-state index is -0.133. The van der Waals surface area contributed by atoms with E-state index in [0.29, 0.717) is 18.7 Å². The predicted octanol–water partition coefficient (Wildman–Crippen LogP) is 0.847. The fraction of sp³-hybridized carbons (Fsp3) is 0.364. The van der Waals surface area contributed by atoms with Crippen molar-refractivity contribution in [3.63, 3.8) is 0 Å². The maximum absolute atomic E-state index is 11.8. The van der Waals surface area contributed by atoms with E-state index in [2.05, 4.69) is 0 Å². The van der Waals surface area contributed by atoms with Crippen LogP contribution in [0, 0.1) is 0 Å². The van der Waals surface area contributed by atoms with Gasteiger partial charge >= 0.3 is 0 Å². The average Bonchev–Trinajstić information content (AvgIpc) is 2.26. The molecule has 0 spiro atoms. The zero-order valence-electron chi connectivity index (χ0n) is 8.68. The van der Waals surface area contributed by atoms with Crippen molar-refractivity contribution < 1.29 is 15.0 Å². The Morgan fingerprint density at radius 1 is 1.33 bits per heavy atom. The van der Waals surface area contributed by atoms with E-state index >= 15 is 0 Å². The van der Waals surface area contributed by atoms with Gasteiger partial charge in [0.1, 0.15) is 5.75 Å². The molecule has 0 aliphatic carbocycles. The van der Waals surface area contributed by atoms with Crippen LogP contribution in [0.1, 0.15) is 17.3 Å². The van der Waals surface area contributed by atoms with Gasteiger partial charge in [-0.2, -0.15) is 0 Å². The monoisotopic (exact) mass is 209 g/mol. The van der Waals surface area contributed by atoms with Gasteiger partial charge in [0.05, 0.1) is 6.61 Å². The molecule has 0 saturated carbocycles. The van der Waals surface area contributed by atoms with Gasteiger partial charge in [-0.1, -0.05) is 0 Å². The lowest BCUT2D eigenvalue weighted by Gasteiger charge is -2.19. The summed E-state index contributed by atoms with van der Waals surface area (Å²) in [7, 11) is 0. The van der Waals surface area contributed by atoms with Crippen LogP contribution in [0.5, 0.6) is 5.75 Å². The number of benzene rings is 1. The maximum atomic E-state index is 11.8. The third-order valence-electron chi connectivity index (χ3n) is 2.15. The van der Waals surface area contributed by atoms with Crippen LogP contribution in [0.25, 0.3) is 0 Å². The summed E-state index contributed by atoms with van der Waals surface area (Å²) in [4.78, 5) is 13.4. The number of aliphatic hydroxyl groups is 1. The van der Waals surface area contributed by atoms with Gasteiger partial charge in [0.2, 0.25) is 0 Å². The van der Waals surface area contributed by atoms with Gasteiger partial charge in [-0.3, -0.25) is 4.79 Å². The van der Waals surface area contributed by atoms with E-state index < -0.39 is 0 Å². The summed E-state index contributed by atoms with van der Waals surface area (Å²) in [5.41, 5.74) is 0.517. The fourth-order valence-corrected chi connectivity index (χ4v) is 1.31. The third kappa shape index (κ3) is 2.95. The molecule has 0 radical (unpaired) electrons. The van der Waals surface area contributed by atoms with Crippen molar-refractivity contribution in [2.24, 2.45) is 0 Å². The zero-order chi connectivity index (χ0) is 11.3. The van der Waals surface area contributed by atoms with Gasteiger partial charge in [0.15, 0.2) is 0 Å². The SMILES string of the molecule is CCN(CCO)C(=O)c1ccc(O)cc1. The maximum Gasteiger partial charge on any atom is 0.253 e. The number of aliphatic hydroxyl groups excluding tert-OH is 1. The first-order chi connectivity index (χ1) is 7.19. The number of likely N-dealkylation sites (N-methyl/N-ethyl adjacent to an activating group) is 1. The van der Waals surface area contributed by atoms with E-state index in [4.69, 9.17) is 10.2 Å². The summed E-state index contributed by atoms with van der Waals surface area (Å²) in [6.07, 6.45) is 0. The molecule has 82 valence electrons. The molecule has 1 aromatic carbocycles. The number of rotatable bonds is 4. The van der Waals surface area contributed by atoms with E-state index in [1.165, 1.54) is 12.1 Å². The first-order valence-corrected chi connectivity index (χ1v) is 4.88. The summed E-state index contributed by atoms with van der Waals surface area (Å²) in [5.74, 6) is 0.00306. The number of hydrogen-bond acceptors (Lipinski definition) is 3. The lowest BCUT2D eigenvalue weighted by atomic mass is 10.2. The Labute approximate surface area is 88.8 Å². The van der Waals surface area contributed by atoms with Crippen molar-refractivity contribution in [2.75, 3.05) is 19.7 Å². The van der Waals surface area contributed by atoms with Gasteiger partial charge in [0.25, 0.3) is 5.91 Å². The van der Waals surface area contributed by atoms with Crippen molar-refractivity contribution in [3.8, 4) is 5.75 Å². The molecule has 0 aliphatic rings. The number of carbonyl (C=O) groups is 1. The zero-order valence-corrected chi connectivity index (χ0v) is 8.68. The van der Waals surface area contributed by atoms with Crippen LogP contribution >= 0.6 is 0 Å². The molecular formula is C11H15NO3. The minimum absolute atomic E-state index is 0.0440. The van der Waals surface area contributed by atoms with Gasteiger partial charge < -0.3 is 15.1 Å². The Balaban J connectivity index is 2.78. The molecule has 4 nitrogen and oxygen atoms in total. The van der Waals surface area contributed by atoms with Crippen LogP contribution in [-0.4, -0.2) is 40.7 Å². The van der Waals surface area contributed by atoms with Crippen molar-refractivity contribution >= 4 is 5.91 Å². The average molecular weight is 209 g/mol. The highest BCUT2D eigenvalue weighted by Crippen LogP contribution is 2.11. The lowest BCUT2D eigenvalue weighted by molar-refractivity contribution is 0.0732. The minimum Gasteiger partial charge on any atom is -0.508 e. The van der Waals surface area contributed by atoms with E-state index in [0.717, 1.165) is 0 Å². The largest absolute Gasteiger partial charge is 0.508 e. The molecule has 0 unspecified atom stereocenters. The summed E-state index contributed by atoms with van der Waals surface area (Å²) >= 11 is 0. The molecule has 0 aliphatic heterocycles. The lowest BCUT2D eigenvalue weighted by Crippen LogP contribution is -2.33. The molecule has 1 rings (SSSR count). The molecule has 1 aromatic rings. The van der Waals surface area contributed by atoms with E-state index in [1.54, 1.807) is 17.0 Å². The van der Waals surface area contributed by atoms with Crippen LogP contribution in [-0.2, 0) is 0 Å². The van der Waals surface area contributed by atoms with Crippen LogP contribution in [0.3, 0.4) is 0 Å². The highest BCUT2D eigenvalue weighted by atomic mass is 16.3. The molecular weight excluding hydrogens is 194 g/mol. The standard InChI is InChI=1S/C11H15NO3/c1-2-12(7-8-13)11(15)9-3-5-10(14)6-4-9/h3-6,13-14H,2,7-8H2,1H3. The van der Waals surface area contributed by atoms with Crippen LogP contribution in [0.2, 0.25) is 0 Å². The van der Waals surface area contributed by atoms with E-state index in [9.17, 15) is 4.79 Å².